The van der Waals surface area contributed by atoms with E-state index in [0.29, 0.717) is 47.2 Å². The average molecular weight is 1510 g/mol. The van der Waals surface area contributed by atoms with Crippen LogP contribution in [-0.2, 0) is 19.3 Å². The lowest BCUT2D eigenvalue weighted by Crippen LogP contribution is -2.45. The van der Waals surface area contributed by atoms with E-state index in [-0.39, 0.29) is 49.8 Å². The number of aliphatic hydroxyl groups is 3. The summed E-state index contributed by atoms with van der Waals surface area (Å²) >= 11 is 41.0. The van der Waals surface area contributed by atoms with Crippen LogP contribution in [0, 0.1) is 16.2 Å². The maximum absolute atomic E-state index is 10.5. The Kier molecular flexibility index (Phi) is 22.0. The molecule has 9 aromatic rings. The van der Waals surface area contributed by atoms with E-state index in [1.165, 1.54) is 68.7 Å². The fourth-order valence-electron chi connectivity index (χ4n) is 15.0. The van der Waals surface area contributed by atoms with E-state index < -0.39 is 18.3 Å². The fourth-order valence-corrected chi connectivity index (χ4v) is 18.7. The van der Waals surface area contributed by atoms with Gasteiger partial charge in [0.2, 0.25) is 0 Å². The molecule has 3 fully saturated rings. The number of pyridine rings is 3. The van der Waals surface area contributed by atoms with Gasteiger partial charge >= 0.3 is 0 Å². The highest BCUT2D eigenvalue weighted by molar-refractivity contribution is 7.99. The first kappa shape index (κ1) is 71.7. The van der Waals surface area contributed by atoms with Gasteiger partial charge in [-0.25, -0.2) is 44.9 Å². The van der Waals surface area contributed by atoms with Crippen LogP contribution in [0.4, 0.5) is 17.5 Å². The number of anilines is 3. The molecule has 6 aliphatic rings. The Morgan fingerprint density at radius 3 is 0.889 bits per heavy atom. The minimum atomic E-state index is -0.751. The Hall–Kier alpha value is -5.70. The Bertz CT molecular complexity index is 3990. The van der Waals surface area contributed by atoms with Crippen molar-refractivity contribution in [2.24, 2.45) is 33.4 Å². The van der Waals surface area contributed by atoms with Gasteiger partial charge in [0.1, 0.15) is 47.6 Å². The van der Waals surface area contributed by atoms with Crippen molar-refractivity contribution in [1.29, 1.82) is 0 Å². The molecule has 0 radical (unpaired) electrons. The smallest absolute Gasteiger partial charge is 0.153 e. The monoisotopic (exact) mass is 1500 g/mol. The minimum absolute atomic E-state index is 0.0638. The molecule has 3 aliphatic heterocycles. The summed E-state index contributed by atoms with van der Waals surface area (Å²) in [5.41, 5.74) is 30.1. The molecule has 9 N–H and O–H groups in total. The molecule has 9 heterocycles. The summed E-state index contributed by atoms with van der Waals surface area (Å²) in [7, 11) is 0. The number of rotatable bonds is 12. The fraction of sp³-hybridized carbons (Fsp3) is 0.375. The number of fused-ring (bicyclic) bond motifs is 3. The van der Waals surface area contributed by atoms with Gasteiger partial charge < -0.3 is 47.2 Å². The number of benzene rings is 3. The van der Waals surface area contributed by atoms with Crippen molar-refractivity contribution < 1.29 is 15.3 Å². The molecule has 99 heavy (non-hydrogen) atoms. The number of hydrogen-bond acceptors (Lipinski definition) is 21. The SMILES string of the molecule is CC(O)c1nc(Sc2ccnc(Cl)c2Cl)cnc1N1CCC2(CC1)Cc1ccccc1[C@H]2N.C[C@@H](O)c1nc(Sc2ccnc(Cl)c2Cl)cnc1N1CCC2(CC1)Cc1ccccc1[C@H]2N.C[C@H](O)c1nc(Sc2ccnc(Cl)c2Cl)cnc1N1CCC2(CC1)Cc1ccccc1[C@H]2N. The van der Waals surface area contributed by atoms with Gasteiger partial charge in [0.05, 0.1) is 52.0 Å². The van der Waals surface area contributed by atoms with E-state index in [0.717, 1.165) is 129 Å². The number of hydrogen-bond donors (Lipinski definition) is 6. The molecule has 3 spiro atoms. The van der Waals surface area contributed by atoms with Gasteiger partial charge in [-0.15, -0.1) is 0 Å². The van der Waals surface area contributed by atoms with Crippen LogP contribution in [0.1, 0.15) is 146 Å². The van der Waals surface area contributed by atoms with Gasteiger partial charge in [0.25, 0.3) is 0 Å². The number of nitrogens with two attached hydrogens (primary N) is 3. The van der Waals surface area contributed by atoms with E-state index in [1.807, 2.05) is 0 Å². The third-order valence-electron chi connectivity index (χ3n) is 20.5. The van der Waals surface area contributed by atoms with Gasteiger partial charge in [-0.2, -0.15) is 0 Å². The quantitative estimate of drug-likeness (QED) is 0.0621. The molecule has 15 rings (SSSR count). The summed E-state index contributed by atoms with van der Waals surface area (Å²) in [5.74, 6) is 2.19. The highest BCUT2D eigenvalue weighted by Gasteiger charge is 2.49. The Labute approximate surface area is 619 Å². The number of nitrogens with zero attached hydrogens (tertiary/aromatic N) is 12. The molecule has 6 atom stereocenters. The van der Waals surface area contributed by atoms with E-state index in [4.69, 9.17) is 117 Å². The van der Waals surface area contributed by atoms with E-state index >= 15 is 0 Å². The molecule has 3 aliphatic carbocycles. The molecule has 27 heteroatoms. The maximum atomic E-state index is 10.5. The van der Waals surface area contributed by atoms with Crippen molar-refractivity contribution in [3.8, 4) is 0 Å². The van der Waals surface area contributed by atoms with Gasteiger partial charge in [-0.1, -0.05) is 178 Å². The highest BCUT2D eigenvalue weighted by Crippen LogP contribution is 2.55. The van der Waals surface area contributed by atoms with E-state index in [9.17, 15) is 15.3 Å². The predicted octanol–water partition coefficient (Wildman–Crippen LogP) is 15.7. The third kappa shape index (κ3) is 14.8. The maximum Gasteiger partial charge on any atom is 0.153 e. The molecule has 3 aromatic carbocycles. The zero-order valence-corrected chi connectivity index (χ0v) is 61.6. The van der Waals surface area contributed by atoms with Crippen LogP contribution in [0.5, 0.6) is 0 Å². The molecule has 18 nitrogen and oxygen atoms in total. The van der Waals surface area contributed by atoms with Crippen LogP contribution in [0.15, 0.2) is 158 Å². The third-order valence-corrected chi connectivity index (χ3v) is 26.0. The van der Waals surface area contributed by atoms with Crippen LogP contribution in [0.25, 0.3) is 0 Å². The predicted molar refractivity (Wildman–Crippen MR) is 396 cm³/mol. The Balaban J connectivity index is 0.000000133. The Morgan fingerprint density at radius 2 is 0.646 bits per heavy atom. The first-order valence-electron chi connectivity index (χ1n) is 33.0. The topological polar surface area (TPSA) is 264 Å². The Morgan fingerprint density at radius 1 is 0.394 bits per heavy atom. The molecular weight excluding hydrogens is 1430 g/mol. The summed E-state index contributed by atoms with van der Waals surface area (Å²) in [5, 5.41) is 35.2. The highest BCUT2D eigenvalue weighted by atomic mass is 35.5. The second-order valence-electron chi connectivity index (χ2n) is 26.4. The summed E-state index contributed by atoms with van der Waals surface area (Å²) in [4.78, 5) is 49.1. The van der Waals surface area contributed by atoms with Crippen LogP contribution in [-0.4, -0.2) is 99.4 Å². The van der Waals surface area contributed by atoms with E-state index in [2.05, 4.69) is 102 Å². The lowest BCUT2D eigenvalue weighted by molar-refractivity contribution is 0.182. The molecule has 0 bridgehead atoms. The minimum Gasteiger partial charge on any atom is -0.387 e. The van der Waals surface area contributed by atoms with Crippen molar-refractivity contribution in [1.82, 2.24) is 44.9 Å². The van der Waals surface area contributed by atoms with Gasteiger partial charge in [-0.3, -0.25) is 0 Å². The molecule has 0 saturated carbocycles. The number of piperidine rings is 3. The van der Waals surface area contributed by atoms with Gasteiger partial charge in [0.15, 0.2) is 17.5 Å². The van der Waals surface area contributed by atoms with Crippen LogP contribution < -0.4 is 31.9 Å². The van der Waals surface area contributed by atoms with Gasteiger partial charge in [-0.05, 0) is 146 Å². The molecule has 6 aromatic heterocycles. The molecule has 1 unspecified atom stereocenters. The first-order valence-corrected chi connectivity index (χ1v) is 37.7. The molecule has 516 valence electrons. The van der Waals surface area contributed by atoms with Crippen LogP contribution in [0.3, 0.4) is 0 Å². The van der Waals surface area contributed by atoms with Gasteiger partial charge in [0, 0.05) is 90.7 Å². The van der Waals surface area contributed by atoms with Crippen molar-refractivity contribution in [3.05, 3.63) is 209 Å². The van der Waals surface area contributed by atoms with Crippen molar-refractivity contribution in [2.45, 2.75) is 145 Å². The molecular formula is C72H75Cl6N15O3S3. The van der Waals surface area contributed by atoms with Crippen LogP contribution >= 0.6 is 105 Å². The summed E-state index contributed by atoms with van der Waals surface area (Å²) in [6.45, 7) is 10.1. The zero-order chi connectivity index (χ0) is 69.5. The number of aliphatic hydroxyl groups excluding tert-OH is 3. The normalized spacial score (nSPS) is 20.2. The molecule has 0 amide bonds. The zero-order valence-electron chi connectivity index (χ0n) is 54.6. The van der Waals surface area contributed by atoms with Crippen molar-refractivity contribution in [2.75, 3.05) is 54.0 Å². The second kappa shape index (κ2) is 30.3. The second-order valence-corrected chi connectivity index (χ2v) is 31.8. The van der Waals surface area contributed by atoms with Crippen molar-refractivity contribution in [3.63, 3.8) is 0 Å². The number of aromatic nitrogens is 9. The average Bonchev–Trinajstić information content (AvgIpc) is 1.64. The summed E-state index contributed by atoms with van der Waals surface area (Å²) in [6.07, 6.45) is 16.7. The molecule has 3 saturated heterocycles. The van der Waals surface area contributed by atoms with E-state index in [1.54, 1.807) is 76.2 Å². The standard InChI is InChI=1S/3C24H25Cl2N5OS/c3*1-14(32)20-23(29-13-18(30-20)33-17-6-9-28-22(26)19(17)25)31-10-7-24(8-11-31)12-15-4-2-3-5-16(15)21(24)27/h3*2-6,9,13-14,21,32H,7-8,10-12,27H2,1H3/t14?,21-;14-,21+;14-,21-/m101/s1. The largest absolute Gasteiger partial charge is 0.387 e. The summed E-state index contributed by atoms with van der Waals surface area (Å²) < 4.78 is 0. The number of halogens is 6. The lowest BCUT2D eigenvalue weighted by atomic mass is 9.73. The summed E-state index contributed by atoms with van der Waals surface area (Å²) in [6, 6.07) is 31.1. The van der Waals surface area contributed by atoms with Crippen LogP contribution in [0.2, 0.25) is 30.5 Å². The lowest BCUT2D eigenvalue weighted by Gasteiger charge is -2.43. The van der Waals surface area contributed by atoms with Crippen molar-refractivity contribution >= 4 is 122 Å². The first-order chi connectivity index (χ1) is 47.6.